The van der Waals surface area contributed by atoms with E-state index in [1.807, 2.05) is 37.3 Å². The van der Waals surface area contributed by atoms with Gasteiger partial charge in [-0.3, -0.25) is 4.79 Å². The van der Waals surface area contributed by atoms with E-state index in [0.717, 1.165) is 31.0 Å². The van der Waals surface area contributed by atoms with Gasteiger partial charge in [-0.15, -0.1) is 0 Å². The SMILES string of the molecule is Cc1nc(C)n([C@H]2CCCN(C(=O)c3ccc(OC(C)C)nc3)C2)n1. The highest BCUT2D eigenvalue weighted by molar-refractivity contribution is 5.94. The molecule has 3 heterocycles. The van der Waals surface area contributed by atoms with Gasteiger partial charge in [0.15, 0.2) is 0 Å². The highest BCUT2D eigenvalue weighted by atomic mass is 16.5. The van der Waals surface area contributed by atoms with Crippen LogP contribution in [0.2, 0.25) is 0 Å². The predicted octanol–water partition coefficient (Wildman–Crippen LogP) is 2.55. The molecule has 2 aromatic rings. The molecule has 0 aromatic carbocycles. The lowest BCUT2D eigenvalue weighted by Gasteiger charge is -2.33. The first-order valence-corrected chi connectivity index (χ1v) is 8.76. The van der Waals surface area contributed by atoms with Crippen LogP contribution in [0.4, 0.5) is 0 Å². The Morgan fingerprint density at radius 1 is 1.32 bits per heavy atom. The summed E-state index contributed by atoms with van der Waals surface area (Å²) >= 11 is 0. The third-order valence-electron chi connectivity index (χ3n) is 4.28. The molecule has 3 rings (SSSR count). The molecule has 1 aliphatic heterocycles. The lowest BCUT2D eigenvalue weighted by Crippen LogP contribution is -2.41. The first kappa shape index (κ1) is 17.4. The van der Waals surface area contributed by atoms with E-state index in [0.29, 0.717) is 18.0 Å². The highest BCUT2D eigenvalue weighted by Gasteiger charge is 2.27. The third kappa shape index (κ3) is 3.97. The average molecular weight is 343 g/mol. The van der Waals surface area contributed by atoms with Crippen molar-refractivity contribution >= 4 is 5.91 Å². The summed E-state index contributed by atoms with van der Waals surface area (Å²) in [5.41, 5.74) is 0.586. The zero-order valence-electron chi connectivity index (χ0n) is 15.3. The van der Waals surface area contributed by atoms with Crippen LogP contribution in [0.15, 0.2) is 18.3 Å². The van der Waals surface area contributed by atoms with Crippen molar-refractivity contribution < 1.29 is 9.53 Å². The second kappa shape index (κ2) is 7.21. The van der Waals surface area contributed by atoms with Gasteiger partial charge in [-0.2, -0.15) is 5.10 Å². The molecule has 7 heteroatoms. The highest BCUT2D eigenvalue weighted by Crippen LogP contribution is 2.23. The number of aromatic nitrogens is 4. The zero-order chi connectivity index (χ0) is 18.0. The Hall–Kier alpha value is -2.44. The second-order valence-corrected chi connectivity index (χ2v) is 6.75. The van der Waals surface area contributed by atoms with E-state index in [1.165, 1.54) is 0 Å². The number of carbonyl (C=O) groups is 1. The lowest BCUT2D eigenvalue weighted by molar-refractivity contribution is 0.0670. The predicted molar refractivity (Wildman–Crippen MR) is 93.7 cm³/mol. The number of nitrogens with zero attached hydrogens (tertiary/aromatic N) is 5. The van der Waals surface area contributed by atoms with E-state index < -0.39 is 0 Å². The monoisotopic (exact) mass is 343 g/mol. The van der Waals surface area contributed by atoms with Crippen LogP contribution in [-0.2, 0) is 0 Å². The van der Waals surface area contributed by atoms with Crippen LogP contribution in [0.25, 0.3) is 0 Å². The fraction of sp³-hybridized carbons (Fsp3) is 0.556. The molecule has 134 valence electrons. The third-order valence-corrected chi connectivity index (χ3v) is 4.28. The lowest BCUT2D eigenvalue weighted by atomic mass is 10.0. The van der Waals surface area contributed by atoms with Crippen molar-refractivity contribution in [3.63, 3.8) is 0 Å². The molecule has 1 saturated heterocycles. The first-order valence-electron chi connectivity index (χ1n) is 8.76. The number of pyridine rings is 1. The van der Waals surface area contributed by atoms with Crippen molar-refractivity contribution in [2.75, 3.05) is 13.1 Å². The molecule has 7 nitrogen and oxygen atoms in total. The van der Waals surface area contributed by atoms with E-state index in [4.69, 9.17) is 4.74 Å². The number of hydrogen-bond donors (Lipinski definition) is 0. The topological polar surface area (TPSA) is 73.1 Å². The number of amides is 1. The largest absolute Gasteiger partial charge is 0.475 e. The molecule has 0 aliphatic carbocycles. The van der Waals surface area contributed by atoms with Gasteiger partial charge in [0.1, 0.15) is 11.6 Å². The maximum absolute atomic E-state index is 12.8. The van der Waals surface area contributed by atoms with Gasteiger partial charge in [0.2, 0.25) is 5.88 Å². The Balaban J connectivity index is 1.70. The number of carbonyl (C=O) groups excluding carboxylic acids is 1. The molecule has 1 fully saturated rings. The number of likely N-dealkylation sites (tertiary alicyclic amines) is 1. The molecular weight excluding hydrogens is 318 g/mol. The summed E-state index contributed by atoms with van der Waals surface area (Å²) in [7, 11) is 0. The van der Waals surface area contributed by atoms with Crippen molar-refractivity contribution in [3.8, 4) is 5.88 Å². The van der Waals surface area contributed by atoms with Gasteiger partial charge in [-0.05, 0) is 46.6 Å². The van der Waals surface area contributed by atoms with Crippen molar-refractivity contribution in [2.24, 2.45) is 0 Å². The number of piperidine rings is 1. The van der Waals surface area contributed by atoms with Crippen LogP contribution in [0, 0.1) is 13.8 Å². The Labute approximate surface area is 148 Å². The van der Waals surface area contributed by atoms with Crippen molar-refractivity contribution in [3.05, 3.63) is 35.5 Å². The molecule has 0 unspecified atom stereocenters. The van der Waals surface area contributed by atoms with Gasteiger partial charge < -0.3 is 9.64 Å². The summed E-state index contributed by atoms with van der Waals surface area (Å²) in [4.78, 5) is 23.3. The summed E-state index contributed by atoms with van der Waals surface area (Å²) in [6.07, 6.45) is 3.62. The Morgan fingerprint density at radius 3 is 2.72 bits per heavy atom. The van der Waals surface area contributed by atoms with E-state index in [2.05, 4.69) is 15.1 Å². The minimum Gasteiger partial charge on any atom is -0.475 e. The fourth-order valence-electron chi connectivity index (χ4n) is 3.22. The van der Waals surface area contributed by atoms with E-state index >= 15 is 0 Å². The Morgan fingerprint density at radius 2 is 2.12 bits per heavy atom. The summed E-state index contributed by atoms with van der Waals surface area (Å²) in [5.74, 6) is 2.21. The fourth-order valence-corrected chi connectivity index (χ4v) is 3.22. The molecular formula is C18H25N5O2. The molecule has 2 aromatic heterocycles. The van der Waals surface area contributed by atoms with Gasteiger partial charge in [-0.1, -0.05) is 0 Å². The van der Waals surface area contributed by atoms with Crippen LogP contribution in [0.5, 0.6) is 5.88 Å². The number of ether oxygens (including phenoxy) is 1. The molecule has 1 atom stereocenters. The normalized spacial score (nSPS) is 17.8. The van der Waals surface area contributed by atoms with Gasteiger partial charge in [0.25, 0.3) is 5.91 Å². The smallest absolute Gasteiger partial charge is 0.255 e. The average Bonchev–Trinajstić information content (AvgIpc) is 2.93. The molecule has 0 saturated carbocycles. The van der Waals surface area contributed by atoms with E-state index in [9.17, 15) is 4.79 Å². The van der Waals surface area contributed by atoms with Crippen LogP contribution >= 0.6 is 0 Å². The minimum atomic E-state index is 0.00258. The maximum atomic E-state index is 12.8. The number of rotatable bonds is 4. The van der Waals surface area contributed by atoms with Crippen molar-refractivity contribution in [1.82, 2.24) is 24.6 Å². The van der Waals surface area contributed by atoms with Gasteiger partial charge in [-0.25, -0.2) is 14.6 Å². The van der Waals surface area contributed by atoms with Crippen molar-refractivity contribution in [2.45, 2.75) is 52.7 Å². The summed E-state index contributed by atoms with van der Waals surface area (Å²) < 4.78 is 7.48. The Kier molecular flexibility index (Phi) is 5.01. The van der Waals surface area contributed by atoms with Gasteiger partial charge >= 0.3 is 0 Å². The molecule has 0 bridgehead atoms. The molecule has 1 amide bonds. The van der Waals surface area contributed by atoms with Gasteiger partial charge in [0, 0.05) is 25.4 Å². The quantitative estimate of drug-likeness (QED) is 0.853. The zero-order valence-corrected chi connectivity index (χ0v) is 15.3. The molecule has 0 N–H and O–H groups in total. The van der Waals surface area contributed by atoms with Crippen molar-refractivity contribution in [1.29, 1.82) is 0 Å². The van der Waals surface area contributed by atoms with Crippen LogP contribution < -0.4 is 4.74 Å². The standard InChI is InChI=1S/C18H25N5O2/c1-12(2)25-17-8-7-15(10-19-17)18(24)22-9-5-6-16(11-22)23-14(4)20-13(3)21-23/h7-8,10,12,16H,5-6,9,11H2,1-4H3/t16-/m0/s1. The number of hydrogen-bond acceptors (Lipinski definition) is 5. The van der Waals surface area contributed by atoms with E-state index in [1.54, 1.807) is 18.3 Å². The van der Waals surface area contributed by atoms with Crippen LogP contribution in [0.1, 0.15) is 54.7 Å². The van der Waals surface area contributed by atoms with Gasteiger partial charge in [0.05, 0.1) is 17.7 Å². The molecule has 25 heavy (non-hydrogen) atoms. The Bertz CT molecular complexity index is 738. The molecule has 0 spiro atoms. The van der Waals surface area contributed by atoms with E-state index in [-0.39, 0.29) is 18.1 Å². The first-order chi connectivity index (χ1) is 11.9. The summed E-state index contributed by atoms with van der Waals surface area (Å²) in [6, 6.07) is 3.71. The molecule has 0 radical (unpaired) electrons. The van der Waals surface area contributed by atoms with Crippen LogP contribution in [-0.4, -0.2) is 49.7 Å². The second-order valence-electron chi connectivity index (χ2n) is 6.75. The molecule has 1 aliphatic rings. The summed E-state index contributed by atoms with van der Waals surface area (Å²) in [6.45, 7) is 9.14. The number of aryl methyl sites for hydroxylation is 2. The minimum absolute atomic E-state index is 0.00258. The van der Waals surface area contributed by atoms with Crippen LogP contribution in [0.3, 0.4) is 0 Å². The summed E-state index contributed by atoms with van der Waals surface area (Å²) in [5, 5.41) is 4.48. The maximum Gasteiger partial charge on any atom is 0.255 e.